The first-order valence-electron chi connectivity index (χ1n) is 7.90. The van der Waals surface area contributed by atoms with Crippen molar-refractivity contribution in [2.45, 2.75) is 6.54 Å². The molecule has 0 fully saturated rings. The molecule has 6 nitrogen and oxygen atoms in total. The average Bonchev–Trinajstić information content (AvgIpc) is 3.01. The number of carboxylic acids is 1. The van der Waals surface area contributed by atoms with Gasteiger partial charge < -0.3 is 20.1 Å². The van der Waals surface area contributed by atoms with E-state index >= 15 is 0 Å². The lowest BCUT2D eigenvalue weighted by Gasteiger charge is -2.03. The summed E-state index contributed by atoms with van der Waals surface area (Å²) < 4.78 is 19.4. The summed E-state index contributed by atoms with van der Waals surface area (Å²) in [5, 5.41) is 10.2. The number of primary amides is 1. The second kappa shape index (κ2) is 9.16. The Kier molecular flexibility index (Phi) is 6.92. The van der Waals surface area contributed by atoms with Crippen LogP contribution in [0.25, 0.3) is 10.9 Å². The molecule has 3 N–H and O–H groups in total. The number of carbonyl (C=O) groups excluding carboxylic acids is 1. The fraction of sp³-hybridized carbons (Fsp3) is 0.158. The number of fused-ring (bicyclic) bond motifs is 1. The quantitative estimate of drug-likeness (QED) is 0.694. The van der Waals surface area contributed by atoms with Crippen molar-refractivity contribution in [1.29, 1.82) is 0 Å². The van der Waals surface area contributed by atoms with Crippen molar-refractivity contribution < 1.29 is 23.8 Å². The smallest absolute Gasteiger partial charge is 0.337 e. The zero-order valence-electron chi connectivity index (χ0n) is 14.5. The van der Waals surface area contributed by atoms with E-state index in [1.807, 2.05) is 10.6 Å². The Morgan fingerprint density at radius 2 is 1.89 bits per heavy atom. The molecule has 0 saturated heterocycles. The van der Waals surface area contributed by atoms with E-state index in [9.17, 15) is 14.0 Å². The SMILES string of the molecule is COCCn1cc(C(=O)O)c2c(Cl)cccc21.NC(=O)c1ccccc1F. The summed E-state index contributed by atoms with van der Waals surface area (Å²) in [7, 11) is 1.61. The summed E-state index contributed by atoms with van der Waals surface area (Å²) in [6, 6.07) is 10.9. The molecule has 27 heavy (non-hydrogen) atoms. The van der Waals surface area contributed by atoms with E-state index in [1.165, 1.54) is 18.2 Å². The van der Waals surface area contributed by atoms with E-state index in [4.69, 9.17) is 27.2 Å². The molecule has 3 rings (SSSR count). The number of nitrogens with two attached hydrogens (primary N) is 1. The fourth-order valence-corrected chi connectivity index (χ4v) is 2.78. The molecule has 1 amide bonds. The molecule has 142 valence electrons. The number of hydrogen-bond donors (Lipinski definition) is 2. The van der Waals surface area contributed by atoms with Crippen LogP contribution in [0, 0.1) is 5.82 Å². The van der Waals surface area contributed by atoms with Crippen LogP contribution in [0.15, 0.2) is 48.7 Å². The number of amides is 1. The first kappa shape index (κ1) is 20.4. The molecular weight excluding hydrogens is 375 g/mol. The molecule has 0 atom stereocenters. The number of aromatic nitrogens is 1. The Balaban J connectivity index is 0.000000223. The molecule has 0 unspecified atom stereocenters. The third-order valence-corrected chi connectivity index (χ3v) is 4.08. The normalized spacial score (nSPS) is 10.3. The van der Waals surface area contributed by atoms with Crippen LogP contribution >= 0.6 is 11.6 Å². The van der Waals surface area contributed by atoms with Gasteiger partial charge in [0.1, 0.15) is 5.82 Å². The van der Waals surface area contributed by atoms with E-state index < -0.39 is 17.7 Å². The van der Waals surface area contributed by atoms with Crippen molar-refractivity contribution in [3.63, 3.8) is 0 Å². The molecule has 8 heteroatoms. The van der Waals surface area contributed by atoms with E-state index in [0.29, 0.717) is 23.6 Å². The molecule has 0 aliphatic carbocycles. The molecule has 2 aromatic carbocycles. The second-order valence-electron chi connectivity index (χ2n) is 5.51. The molecule has 1 heterocycles. The van der Waals surface area contributed by atoms with Crippen LogP contribution in [0.4, 0.5) is 4.39 Å². The number of carbonyl (C=O) groups is 2. The largest absolute Gasteiger partial charge is 0.478 e. The van der Waals surface area contributed by atoms with Gasteiger partial charge in [-0.15, -0.1) is 0 Å². The van der Waals surface area contributed by atoms with Crippen molar-refractivity contribution in [2.24, 2.45) is 5.73 Å². The number of carboxylic acid groups (broad SMARTS) is 1. The number of hydrogen-bond acceptors (Lipinski definition) is 3. The lowest BCUT2D eigenvalue weighted by atomic mass is 10.2. The molecule has 0 aliphatic heterocycles. The number of halogens is 2. The van der Waals surface area contributed by atoms with Gasteiger partial charge in [-0.1, -0.05) is 29.8 Å². The fourth-order valence-electron chi connectivity index (χ4n) is 2.51. The van der Waals surface area contributed by atoms with E-state index in [-0.39, 0.29) is 11.1 Å². The van der Waals surface area contributed by atoms with Gasteiger partial charge in [-0.05, 0) is 24.3 Å². The number of aromatic carboxylic acids is 1. The molecule has 0 spiro atoms. The standard InChI is InChI=1S/C12H12ClNO3.C7H6FNO/c1-17-6-5-14-7-8(12(15)16)11-9(13)3-2-4-10(11)14;8-6-4-2-1-3-5(6)7(9)10/h2-4,7H,5-6H2,1H3,(H,15,16);1-4H,(H2,9,10). The summed E-state index contributed by atoms with van der Waals surface area (Å²) in [6.45, 7) is 1.12. The Labute approximate surface area is 159 Å². The summed E-state index contributed by atoms with van der Waals surface area (Å²) in [5.41, 5.74) is 5.80. The zero-order valence-corrected chi connectivity index (χ0v) is 15.2. The number of methoxy groups -OCH3 is 1. The van der Waals surface area contributed by atoms with Crippen LogP contribution < -0.4 is 5.73 Å². The van der Waals surface area contributed by atoms with Gasteiger partial charge in [-0.3, -0.25) is 4.79 Å². The van der Waals surface area contributed by atoms with Gasteiger partial charge in [0.25, 0.3) is 5.91 Å². The van der Waals surface area contributed by atoms with Gasteiger partial charge in [-0.2, -0.15) is 0 Å². The molecule has 0 bridgehead atoms. The third kappa shape index (κ3) is 4.84. The predicted molar refractivity (Wildman–Crippen MR) is 101 cm³/mol. The lowest BCUT2D eigenvalue weighted by Crippen LogP contribution is -2.12. The van der Waals surface area contributed by atoms with Crippen LogP contribution in [0.3, 0.4) is 0 Å². The number of benzene rings is 2. The number of ether oxygens (including phenoxy) is 1. The highest BCUT2D eigenvalue weighted by molar-refractivity contribution is 6.36. The minimum absolute atomic E-state index is 0.0671. The number of nitrogens with zero attached hydrogens (tertiary/aromatic N) is 1. The average molecular weight is 393 g/mol. The molecule has 0 radical (unpaired) electrons. The molecule has 0 aliphatic rings. The Hall–Kier alpha value is -2.90. The highest BCUT2D eigenvalue weighted by Gasteiger charge is 2.16. The molecule has 0 saturated carbocycles. The Bertz CT molecular complexity index is 971. The Morgan fingerprint density at radius 1 is 1.19 bits per heavy atom. The van der Waals surface area contributed by atoms with Gasteiger partial charge in [0.05, 0.1) is 28.3 Å². The topological polar surface area (TPSA) is 94.6 Å². The van der Waals surface area contributed by atoms with Gasteiger partial charge in [-0.25, -0.2) is 9.18 Å². The number of rotatable bonds is 5. The lowest BCUT2D eigenvalue weighted by molar-refractivity contribution is 0.0698. The van der Waals surface area contributed by atoms with Gasteiger partial charge >= 0.3 is 5.97 Å². The maximum absolute atomic E-state index is 12.5. The monoisotopic (exact) mass is 392 g/mol. The van der Waals surface area contributed by atoms with E-state index in [0.717, 1.165) is 5.52 Å². The van der Waals surface area contributed by atoms with Gasteiger partial charge in [0.2, 0.25) is 0 Å². The minimum atomic E-state index is -0.973. The van der Waals surface area contributed by atoms with Gasteiger partial charge in [0, 0.05) is 25.2 Å². The first-order chi connectivity index (χ1) is 12.9. The molecule has 1 aromatic heterocycles. The van der Waals surface area contributed by atoms with Crippen LogP contribution in [0.1, 0.15) is 20.7 Å². The summed E-state index contributed by atoms with van der Waals surface area (Å²) >= 11 is 6.05. The summed E-state index contributed by atoms with van der Waals surface area (Å²) in [6.07, 6.45) is 1.60. The maximum atomic E-state index is 12.5. The van der Waals surface area contributed by atoms with Crippen LogP contribution in [0.2, 0.25) is 5.02 Å². The summed E-state index contributed by atoms with van der Waals surface area (Å²) in [5.74, 6) is -2.28. The van der Waals surface area contributed by atoms with Crippen LogP contribution in [-0.2, 0) is 11.3 Å². The second-order valence-corrected chi connectivity index (χ2v) is 5.92. The van der Waals surface area contributed by atoms with E-state index in [2.05, 4.69) is 0 Å². The van der Waals surface area contributed by atoms with Crippen molar-refractivity contribution in [3.05, 3.63) is 70.6 Å². The summed E-state index contributed by atoms with van der Waals surface area (Å²) in [4.78, 5) is 21.6. The molecular formula is C19H18ClFN2O4. The van der Waals surface area contributed by atoms with Crippen molar-refractivity contribution in [2.75, 3.05) is 13.7 Å². The molecule has 3 aromatic rings. The predicted octanol–water partition coefficient (Wildman–Crippen LogP) is 3.56. The van der Waals surface area contributed by atoms with Crippen molar-refractivity contribution in [1.82, 2.24) is 4.57 Å². The highest BCUT2D eigenvalue weighted by Crippen LogP contribution is 2.28. The first-order valence-corrected chi connectivity index (χ1v) is 8.28. The van der Waals surface area contributed by atoms with Crippen molar-refractivity contribution in [3.8, 4) is 0 Å². The maximum Gasteiger partial charge on any atom is 0.337 e. The minimum Gasteiger partial charge on any atom is -0.478 e. The van der Waals surface area contributed by atoms with Crippen LogP contribution in [0.5, 0.6) is 0 Å². The van der Waals surface area contributed by atoms with Crippen molar-refractivity contribution >= 4 is 34.4 Å². The Morgan fingerprint density at radius 3 is 2.44 bits per heavy atom. The van der Waals surface area contributed by atoms with Crippen LogP contribution in [-0.4, -0.2) is 35.3 Å². The zero-order chi connectivity index (χ0) is 20.0. The van der Waals surface area contributed by atoms with Gasteiger partial charge in [0.15, 0.2) is 0 Å². The highest BCUT2D eigenvalue weighted by atomic mass is 35.5. The third-order valence-electron chi connectivity index (χ3n) is 3.76. The van der Waals surface area contributed by atoms with E-state index in [1.54, 1.807) is 31.5 Å².